The highest BCUT2D eigenvalue weighted by molar-refractivity contribution is 14.0. The summed E-state index contributed by atoms with van der Waals surface area (Å²) in [5, 5.41) is 9.56. The summed E-state index contributed by atoms with van der Waals surface area (Å²) >= 11 is 1.68. The normalized spacial score (nSPS) is 24.5. The van der Waals surface area contributed by atoms with Gasteiger partial charge in [0.1, 0.15) is 0 Å². The number of carbonyl (C=O) groups excluding carboxylic acids is 1. The van der Waals surface area contributed by atoms with Gasteiger partial charge < -0.3 is 15.5 Å². The maximum absolute atomic E-state index is 11.6. The van der Waals surface area contributed by atoms with Crippen molar-refractivity contribution in [2.75, 3.05) is 33.2 Å². The Hall–Kier alpha value is -0.900. The van der Waals surface area contributed by atoms with E-state index in [1.807, 2.05) is 18.6 Å². The second-order valence-corrected chi connectivity index (χ2v) is 7.11. The zero-order valence-corrected chi connectivity index (χ0v) is 16.5. The summed E-state index contributed by atoms with van der Waals surface area (Å²) in [7, 11) is 1.82. The molecule has 2 saturated heterocycles. The molecule has 1 aromatic rings. The summed E-state index contributed by atoms with van der Waals surface area (Å²) in [6.07, 6.45) is 5.64. The maximum Gasteiger partial charge on any atom is 0.220 e. The molecule has 0 bridgehead atoms. The van der Waals surface area contributed by atoms with E-state index in [9.17, 15) is 4.79 Å². The van der Waals surface area contributed by atoms with Crippen molar-refractivity contribution in [1.82, 2.24) is 20.5 Å². The summed E-state index contributed by atoms with van der Waals surface area (Å²) in [5.41, 5.74) is 0.0995. The lowest BCUT2D eigenvalue weighted by molar-refractivity contribution is -0.119. The molecule has 6 nitrogen and oxygen atoms in total. The molecule has 1 amide bonds. The van der Waals surface area contributed by atoms with E-state index < -0.39 is 0 Å². The van der Waals surface area contributed by atoms with Crippen molar-refractivity contribution in [2.24, 2.45) is 10.4 Å². The molecule has 0 aliphatic carbocycles. The van der Waals surface area contributed by atoms with E-state index in [1.165, 1.54) is 0 Å². The van der Waals surface area contributed by atoms with Gasteiger partial charge in [0.25, 0.3) is 0 Å². The van der Waals surface area contributed by atoms with Gasteiger partial charge >= 0.3 is 0 Å². The van der Waals surface area contributed by atoms with Crippen LogP contribution in [0.4, 0.5) is 0 Å². The molecule has 2 aliphatic heterocycles. The predicted octanol–water partition coefficient (Wildman–Crippen LogP) is 1.48. The number of halogens is 1. The Balaban J connectivity index is 0.00000192. The summed E-state index contributed by atoms with van der Waals surface area (Å²) in [4.78, 5) is 22.6. The van der Waals surface area contributed by atoms with Crippen LogP contribution < -0.4 is 10.6 Å². The number of rotatable bonds is 3. The van der Waals surface area contributed by atoms with E-state index >= 15 is 0 Å². The molecular weight excluding hydrogens is 425 g/mol. The molecule has 2 aliphatic rings. The van der Waals surface area contributed by atoms with Gasteiger partial charge in [-0.1, -0.05) is 0 Å². The van der Waals surface area contributed by atoms with Crippen molar-refractivity contribution in [3.05, 3.63) is 16.6 Å². The Bertz CT molecular complexity index is 550. The van der Waals surface area contributed by atoms with Gasteiger partial charge in [-0.15, -0.1) is 35.3 Å². The van der Waals surface area contributed by atoms with Crippen LogP contribution in [0.2, 0.25) is 0 Å². The number of amides is 1. The number of hydrogen-bond acceptors (Lipinski definition) is 4. The molecule has 2 N–H and O–H groups in total. The first kappa shape index (κ1) is 18.4. The Morgan fingerprint density at radius 3 is 3.13 bits per heavy atom. The van der Waals surface area contributed by atoms with Crippen molar-refractivity contribution in [3.63, 3.8) is 0 Å². The lowest BCUT2D eigenvalue weighted by atomic mass is 9.79. The number of carbonyl (C=O) groups is 1. The molecule has 1 atom stereocenters. The van der Waals surface area contributed by atoms with Gasteiger partial charge in [0.2, 0.25) is 5.91 Å². The van der Waals surface area contributed by atoms with Crippen LogP contribution in [0.3, 0.4) is 0 Å². The standard InChI is InChI=1S/C15H23N5OS.HI/c1-16-14(18-5-3-13-17-6-8-22-13)20-7-2-4-15(11-20)9-12(21)19-10-15;/h6,8H,2-5,7,9-11H2,1H3,(H,16,18)(H,19,21);1H. The molecule has 3 rings (SSSR count). The number of hydrogen-bond donors (Lipinski definition) is 2. The minimum atomic E-state index is 0. The molecule has 128 valence electrons. The molecule has 8 heteroatoms. The number of nitrogens with zero attached hydrogens (tertiary/aromatic N) is 3. The third kappa shape index (κ3) is 4.56. The Labute approximate surface area is 158 Å². The monoisotopic (exact) mass is 449 g/mol. The molecule has 0 aromatic carbocycles. The second-order valence-electron chi connectivity index (χ2n) is 6.13. The summed E-state index contributed by atoms with van der Waals surface area (Å²) in [6.45, 7) is 3.55. The van der Waals surface area contributed by atoms with E-state index in [2.05, 4.69) is 25.5 Å². The molecular formula is C15H24IN5OS. The van der Waals surface area contributed by atoms with Crippen LogP contribution in [0.25, 0.3) is 0 Å². The summed E-state index contributed by atoms with van der Waals surface area (Å²) < 4.78 is 0. The topological polar surface area (TPSA) is 69.6 Å². The van der Waals surface area contributed by atoms with E-state index in [1.54, 1.807) is 11.3 Å². The first-order chi connectivity index (χ1) is 10.7. The Morgan fingerprint density at radius 2 is 2.48 bits per heavy atom. The van der Waals surface area contributed by atoms with Gasteiger partial charge in [-0.25, -0.2) is 4.98 Å². The lowest BCUT2D eigenvalue weighted by Crippen LogP contribution is -2.51. The van der Waals surface area contributed by atoms with E-state index in [0.29, 0.717) is 6.42 Å². The smallest absolute Gasteiger partial charge is 0.220 e. The minimum Gasteiger partial charge on any atom is -0.356 e. The van der Waals surface area contributed by atoms with Crippen LogP contribution in [0.1, 0.15) is 24.3 Å². The Morgan fingerprint density at radius 1 is 1.61 bits per heavy atom. The first-order valence-electron chi connectivity index (χ1n) is 7.81. The highest BCUT2D eigenvalue weighted by atomic mass is 127. The van der Waals surface area contributed by atoms with Crippen LogP contribution in [-0.2, 0) is 11.2 Å². The fourth-order valence-corrected chi connectivity index (χ4v) is 4.04. The zero-order valence-electron chi connectivity index (χ0n) is 13.4. The number of guanidine groups is 1. The van der Waals surface area contributed by atoms with E-state index in [-0.39, 0.29) is 35.3 Å². The van der Waals surface area contributed by atoms with Crippen LogP contribution in [0.5, 0.6) is 0 Å². The number of thiazole rings is 1. The van der Waals surface area contributed by atoms with Crippen molar-refractivity contribution in [3.8, 4) is 0 Å². The van der Waals surface area contributed by atoms with Crippen LogP contribution in [0.15, 0.2) is 16.6 Å². The fraction of sp³-hybridized carbons (Fsp3) is 0.667. The molecule has 1 spiro atoms. The number of nitrogens with one attached hydrogen (secondary N) is 2. The minimum absolute atomic E-state index is 0. The average molecular weight is 449 g/mol. The van der Waals surface area contributed by atoms with Crippen molar-refractivity contribution >= 4 is 47.2 Å². The van der Waals surface area contributed by atoms with E-state index in [4.69, 9.17) is 0 Å². The second kappa shape index (κ2) is 8.27. The van der Waals surface area contributed by atoms with E-state index in [0.717, 1.165) is 56.4 Å². The van der Waals surface area contributed by atoms with Gasteiger partial charge in [-0.3, -0.25) is 9.79 Å². The average Bonchev–Trinajstić information content (AvgIpc) is 3.14. The van der Waals surface area contributed by atoms with Crippen molar-refractivity contribution in [2.45, 2.75) is 25.7 Å². The Kier molecular flexibility index (Phi) is 6.63. The summed E-state index contributed by atoms with van der Waals surface area (Å²) in [5.74, 6) is 1.13. The van der Waals surface area contributed by atoms with Crippen LogP contribution >= 0.6 is 35.3 Å². The van der Waals surface area contributed by atoms with Gasteiger partial charge in [-0.05, 0) is 12.8 Å². The van der Waals surface area contributed by atoms with Crippen LogP contribution in [-0.4, -0.2) is 55.0 Å². The molecule has 0 saturated carbocycles. The lowest BCUT2D eigenvalue weighted by Gasteiger charge is -2.40. The highest BCUT2D eigenvalue weighted by Gasteiger charge is 2.42. The third-order valence-electron chi connectivity index (χ3n) is 4.47. The molecule has 1 unspecified atom stereocenters. The highest BCUT2D eigenvalue weighted by Crippen LogP contribution is 2.35. The van der Waals surface area contributed by atoms with Gasteiger partial charge in [-0.2, -0.15) is 0 Å². The molecule has 3 heterocycles. The van der Waals surface area contributed by atoms with Gasteiger partial charge in [0.15, 0.2) is 5.96 Å². The predicted molar refractivity (Wildman–Crippen MR) is 103 cm³/mol. The SMILES string of the molecule is CN=C(NCCc1nccs1)N1CCCC2(CNC(=O)C2)C1.I. The molecule has 2 fully saturated rings. The quantitative estimate of drug-likeness (QED) is 0.417. The summed E-state index contributed by atoms with van der Waals surface area (Å²) in [6, 6.07) is 0. The van der Waals surface area contributed by atoms with Gasteiger partial charge in [0, 0.05) is 63.1 Å². The number of aliphatic imine (C=N–C) groups is 1. The largest absolute Gasteiger partial charge is 0.356 e. The van der Waals surface area contributed by atoms with Crippen molar-refractivity contribution in [1.29, 1.82) is 0 Å². The third-order valence-corrected chi connectivity index (χ3v) is 5.31. The maximum atomic E-state index is 11.6. The number of piperidine rings is 1. The zero-order chi connectivity index (χ0) is 15.4. The number of aromatic nitrogens is 1. The fourth-order valence-electron chi connectivity index (χ4n) is 3.42. The van der Waals surface area contributed by atoms with Gasteiger partial charge in [0.05, 0.1) is 5.01 Å². The number of likely N-dealkylation sites (tertiary alicyclic amines) is 1. The molecule has 23 heavy (non-hydrogen) atoms. The van der Waals surface area contributed by atoms with Crippen LogP contribution in [0, 0.1) is 5.41 Å². The van der Waals surface area contributed by atoms with Crippen molar-refractivity contribution < 1.29 is 4.79 Å². The first-order valence-corrected chi connectivity index (χ1v) is 8.69. The molecule has 0 radical (unpaired) electrons. The molecule has 1 aromatic heterocycles.